The molecular formula is C17H16N2O3. The Morgan fingerprint density at radius 3 is 2.59 bits per heavy atom. The van der Waals surface area contributed by atoms with Crippen LogP contribution in [0, 0.1) is 13.8 Å². The first-order valence-corrected chi connectivity index (χ1v) is 6.95. The van der Waals surface area contributed by atoms with Crippen LogP contribution in [-0.4, -0.2) is 20.5 Å². The van der Waals surface area contributed by atoms with Crippen LogP contribution in [0.5, 0.6) is 5.75 Å². The summed E-state index contributed by atoms with van der Waals surface area (Å²) in [6.07, 6.45) is 1.82. The van der Waals surface area contributed by atoms with Crippen LogP contribution in [0.25, 0.3) is 5.52 Å². The highest BCUT2D eigenvalue weighted by Crippen LogP contribution is 2.18. The van der Waals surface area contributed by atoms with E-state index in [1.807, 2.05) is 56.4 Å². The molecule has 0 saturated carbocycles. The van der Waals surface area contributed by atoms with E-state index in [1.54, 1.807) is 4.40 Å². The van der Waals surface area contributed by atoms with Crippen molar-refractivity contribution >= 4 is 11.5 Å². The molecule has 0 atom stereocenters. The number of ether oxygens (including phenoxy) is 1. The summed E-state index contributed by atoms with van der Waals surface area (Å²) in [7, 11) is 0. The van der Waals surface area contributed by atoms with E-state index in [4.69, 9.17) is 4.74 Å². The molecule has 22 heavy (non-hydrogen) atoms. The van der Waals surface area contributed by atoms with E-state index < -0.39 is 5.97 Å². The molecule has 0 aliphatic heterocycles. The molecule has 3 aromatic rings. The number of hydrogen-bond acceptors (Lipinski definition) is 3. The first kappa shape index (κ1) is 14.1. The van der Waals surface area contributed by atoms with E-state index in [9.17, 15) is 9.90 Å². The van der Waals surface area contributed by atoms with Gasteiger partial charge in [-0.3, -0.25) is 4.40 Å². The number of aromatic nitrogens is 2. The number of carboxylic acids is 1. The second kappa shape index (κ2) is 5.52. The van der Waals surface area contributed by atoms with Crippen LogP contribution in [0.3, 0.4) is 0 Å². The Hall–Kier alpha value is -2.82. The van der Waals surface area contributed by atoms with Gasteiger partial charge in [-0.2, -0.15) is 0 Å². The number of nitrogens with zero attached hydrogens (tertiary/aromatic N) is 2. The second-order valence-corrected chi connectivity index (χ2v) is 5.24. The molecule has 0 bridgehead atoms. The first-order chi connectivity index (χ1) is 10.5. The number of carbonyl (C=O) groups is 1. The van der Waals surface area contributed by atoms with Gasteiger partial charge in [0.2, 0.25) is 0 Å². The molecular weight excluding hydrogens is 280 g/mol. The Kier molecular flexibility index (Phi) is 3.55. The Balaban J connectivity index is 1.93. The number of benzene rings is 1. The SMILES string of the molecule is Cc1ccc(OCc2nc(C(=O)O)c3cc(C)ccn23)cc1. The third kappa shape index (κ3) is 2.65. The van der Waals surface area contributed by atoms with Crippen LogP contribution < -0.4 is 4.74 Å². The molecule has 3 rings (SSSR count). The molecule has 0 unspecified atom stereocenters. The fourth-order valence-electron chi connectivity index (χ4n) is 2.30. The van der Waals surface area contributed by atoms with Crippen molar-refractivity contribution in [2.24, 2.45) is 0 Å². The number of fused-ring (bicyclic) bond motifs is 1. The summed E-state index contributed by atoms with van der Waals surface area (Å²) in [5, 5.41) is 9.29. The monoisotopic (exact) mass is 296 g/mol. The van der Waals surface area contributed by atoms with Gasteiger partial charge < -0.3 is 9.84 Å². The Morgan fingerprint density at radius 1 is 1.18 bits per heavy atom. The number of hydrogen-bond donors (Lipinski definition) is 1. The predicted octanol–water partition coefficient (Wildman–Crippen LogP) is 3.23. The number of carboxylic acid groups (broad SMARTS) is 1. The summed E-state index contributed by atoms with van der Waals surface area (Å²) < 4.78 is 7.46. The minimum Gasteiger partial charge on any atom is -0.486 e. The first-order valence-electron chi connectivity index (χ1n) is 6.95. The lowest BCUT2D eigenvalue weighted by Gasteiger charge is -2.06. The molecule has 0 saturated heterocycles. The van der Waals surface area contributed by atoms with Crippen molar-refractivity contribution in [3.63, 3.8) is 0 Å². The van der Waals surface area contributed by atoms with Crippen molar-refractivity contribution in [3.05, 3.63) is 65.2 Å². The lowest BCUT2D eigenvalue weighted by Crippen LogP contribution is -2.01. The lowest BCUT2D eigenvalue weighted by atomic mass is 10.2. The summed E-state index contributed by atoms with van der Waals surface area (Å²) in [5.74, 6) is 0.254. The van der Waals surface area contributed by atoms with Gasteiger partial charge in [0, 0.05) is 6.20 Å². The van der Waals surface area contributed by atoms with Crippen molar-refractivity contribution in [2.45, 2.75) is 20.5 Å². The van der Waals surface area contributed by atoms with Crippen molar-refractivity contribution in [3.8, 4) is 5.75 Å². The highest BCUT2D eigenvalue weighted by atomic mass is 16.5. The van der Waals surface area contributed by atoms with Crippen molar-refractivity contribution in [2.75, 3.05) is 0 Å². The molecule has 2 heterocycles. The van der Waals surface area contributed by atoms with Gasteiger partial charge >= 0.3 is 5.97 Å². The molecule has 0 fully saturated rings. The van der Waals surface area contributed by atoms with Crippen LogP contribution >= 0.6 is 0 Å². The van der Waals surface area contributed by atoms with E-state index >= 15 is 0 Å². The molecule has 5 heteroatoms. The average molecular weight is 296 g/mol. The van der Waals surface area contributed by atoms with Crippen molar-refractivity contribution < 1.29 is 14.6 Å². The van der Waals surface area contributed by atoms with Crippen molar-refractivity contribution in [1.29, 1.82) is 0 Å². The Morgan fingerprint density at radius 2 is 1.91 bits per heavy atom. The molecule has 0 amide bonds. The van der Waals surface area contributed by atoms with Gasteiger partial charge in [0.1, 0.15) is 12.4 Å². The number of aromatic carboxylic acids is 1. The molecule has 5 nitrogen and oxygen atoms in total. The van der Waals surface area contributed by atoms with Crippen LogP contribution in [0.4, 0.5) is 0 Å². The molecule has 1 aromatic carbocycles. The largest absolute Gasteiger partial charge is 0.486 e. The minimum atomic E-state index is -1.04. The van der Waals surface area contributed by atoms with E-state index in [1.165, 1.54) is 0 Å². The molecule has 2 aromatic heterocycles. The fourth-order valence-corrected chi connectivity index (χ4v) is 2.30. The zero-order chi connectivity index (χ0) is 15.7. The number of imidazole rings is 1. The van der Waals surface area contributed by atoms with Gasteiger partial charge in [0.25, 0.3) is 0 Å². The molecule has 1 N–H and O–H groups in total. The fraction of sp³-hybridized carbons (Fsp3) is 0.176. The van der Waals surface area contributed by atoms with Crippen molar-refractivity contribution in [1.82, 2.24) is 9.38 Å². The van der Waals surface area contributed by atoms with Crippen LogP contribution in [0.2, 0.25) is 0 Å². The standard InChI is InChI=1S/C17H16N2O3/c1-11-3-5-13(6-4-11)22-10-15-18-16(17(20)21)14-9-12(2)7-8-19(14)15/h3-9H,10H2,1-2H3,(H,20,21). The highest BCUT2D eigenvalue weighted by Gasteiger charge is 2.17. The van der Waals surface area contributed by atoms with Crippen LogP contribution in [0.1, 0.15) is 27.4 Å². The third-order valence-electron chi connectivity index (χ3n) is 3.46. The lowest BCUT2D eigenvalue weighted by molar-refractivity contribution is 0.0693. The molecule has 0 aliphatic rings. The van der Waals surface area contributed by atoms with Gasteiger partial charge in [-0.15, -0.1) is 0 Å². The third-order valence-corrected chi connectivity index (χ3v) is 3.46. The Labute approximate surface area is 127 Å². The molecule has 0 spiro atoms. The quantitative estimate of drug-likeness (QED) is 0.803. The number of rotatable bonds is 4. The van der Waals surface area contributed by atoms with E-state index in [0.717, 1.165) is 16.9 Å². The Bertz CT molecular complexity index is 835. The predicted molar refractivity (Wildman–Crippen MR) is 82.4 cm³/mol. The van der Waals surface area contributed by atoms with Gasteiger partial charge in [-0.05, 0) is 43.7 Å². The average Bonchev–Trinajstić information content (AvgIpc) is 2.85. The summed E-state index contributed by atoms with van der Waals surface area (Å²) in [6, 6.07) is 11.4. The van der Waals surface area contributed by atoms with Gasteiger partial charge in [0.05, 0.1) is 5.52 Å². The zero-order valence-corrected chi connectivity index (χ0v) is 12.4. The molecule has 0 aliphatic carbocycles. The maximum atomic E-state index is 11.3. The van der Waals surface area contributed by atoms with Crippen LogP contribution in [-0.2, 0) is 6.61 Å². The van der Waals surface area contributed by atoms with E-state index in [0.29, 0.717) is 11.3 Å². The van der Waals surface area contributed by atoms with E-state index in [-0.39, 0.29) is 12.3 Å². The maximum Gasteiger partial charge on any atom is 0.356 e. The van der Waals surface area contributed by atoms with E-state index in [2.05, 4.69) is 4.98 Å². The summed E-state index contributed by atoms with van der Waals surface area (Å²) in [6.45, 7) is 4.13. The van der Waals surface area contributed by atoms with Gasteiger partial charge in [0.15, 0.2) is 11.5 Å². The minimum absolute atomic E-state index is 0.0474. The molecule has 0 radical (unpaired) electrons. The van der Waals surface area contributed by atoms with Gasteiger partial charge in [-0.25, -0.2) is 9.78 Å². The smallest absolute Gasteiger partial charge is 0.356 e. The van der Waals surface area contributed by atoms with Crippen LogP contribution in [0.15, 0.2) is 42.6 Å². The summed E-state index contributed by atoms with van der Waals surface area (Å²) in [5.41, 5.74) is 2.77. The molecule has 112 valence electrons. The highest BCUT2D eigenvalue weighted by molar-refractivity contribution is 5.93. The maximum absolute atomic E-state index is 11.3. The van der Waals surface area contributed by atoms with Gasteiger partial charge in [-0.1, -0.05) is 17.7 Å². The topological polar surface area (TPSA) is 63.8 Å². The number of pyridine rings is 1. The normalized spacial score (nSPS) is 10.8. The summed E-state index contributed by atoms with van der Waals surface area (Å²) in [4.78, 5) is 15.5. The zero-order valence-electron chi connectivity index (χ0n) is 12.4. The number of aryl methyl sites for hydroxylation is 2. The summed E-state index contributed by atoms with van der Waals surface area (Å²) >= 11 is 0. The second-order valence-electron chi connectivity index (χ2n) is 5.24.